The fourth-order valence-corrected chi connectivity index (χ4v) is 5.43. The molecule has 9 nitrogen and oxygen atoms in total. The maximum atomic E-state index is 13.9. The molecule has 2 amide bonds. The van der Waals surface area contributed by atoms with Crippen molar-refractivity contribution in [3.8, 4) is 11.3 Å². The molecule has 0 spiro atoms. The lowest BCUT2D eigenvalue weighted by molar-refractivity contribution is -0.192. The van der Waals surface area contributed by atoms with Crippen molar-refractivity contribution in [1.29, 1.82) is 0 Å². The van der Waals surface area contributed by atoms with E-state index < -0.39 is 29.7 Å². The number of carbonyl (C=O) groups is 3. The number of hydrogen-bond donors (Lipinski definition) is 4. The zero-order valence-corrected chi connectivity index (χ0v) is 23.3. The number of rotatable bonds is 5. The normalized spacial score (nSPS) is 18.9. The molecule has 0 saturated carbocycles. The van der Waals surface area contributed by atoms with Gasteiger partial charge in [-0.2, -0.15) is 13.2 Å². The fraction of sp³-hybridized carbons (Fsp3) is 0.286. The first kappa shape index (κ1) is 31.2. The van der Waals surface area contributed by atoms with Gasteiger partial charge in [-0.25, -0.2) is 4.79 Å². The van der Waals surface area contributed by atoms with E-state index in [-0.39, 0.29) is 12.5 Å². The number of fused-ring (bicyclic) bond motifs is 3. The smallest absolute Gasteiger partial charge is 0.475 e. The van der Waals surface area contributed by atoms with Crippen LogP contribution in [0.2, 0.25) is 10.0 Å². The quantitative estimate of drug-likeness (QED) is 0.335. The largest absolute Gasteiger partial charge is 0.490 e. The van der Waals surface area contributed by atoms with Crippen LogP contribution >= 0.6 is 23.2 Å². The average molecular weight is 625 g/mol. The molecule has 2 aromatic carbocycles. The van der Waals surface area contributed by atoms with Crippen molar-refractivity contribution < 1.29 is 37.8 Å². The minimum atomic E-state index is -5.08. The molecule has 222 valence electrons. The number of amides is 2. The van der Waals surface area contributed by atoms with Crippen LogP contribution < -0.4 is 11.1 Å². The maximum Gasteiger partial charge on any atom is 0.490 e. The molecule has 42 heavy (non-hydrogen) atoms. The Morgan fingerprint density at radius 3 is 2.40 bits per heavy atom. The molecule has 2 aliphatic rings. The maximum absolute atomic E-state index is 13.9. The van der Waals surface area contributed by atoms with Crippen LogP contribution in [0.4, 0.5) is 13.2 Å². The van der Waals surface area contributed by atoms with Crippen LogP contribution in [0.5, 0.6) is 0 Å². The standard InChI is InChI=1S/C26H24Cl2N4O3.C2HF3O2/c27-17-6-5-15(13-29)16(11-17)14-31-24(33)22-4-2-10-32(22)25(34)26(35)20-3-1-9-30-23(20)19-8-7-18(28)12-21(19)26;3-2(4,5)1(6)7/h1,3,5-9,11-12,22,35H,2,4,10,13-14,29H2,(H,31,33);(H,6,7)/t22-,26?;/m0./s1. The SMILES string of the molecule is NCc1ccc(Cl)cc1CNC(=O)[C@@H]1CCCN1C(=O)C1(O)c2cc(Cl)ccc2-c2ncccc21.O=C(O)C(F)(F)F. The van der Waals surface area contributed by atoms with E-state index in [2.05, 4.69) is 10.3 Å². The molecule has 2 heterocycles. The Morgan fingerprint density at radius 2 is 1.74 bits per heavy atom. The summed E-state index contributed by atoms with van der Waals surface area (Å²) < 4.78 is 31.7. The number of carbonyl (C=O) groups excluding carboxylic acids is 2. The zero-order valence-electron chi connectivity index (χ0n) is 21.8. The Kier molecular flexibility index (Phi) is 9.12. The Hall–Kier alpha value is -3.71. The van der Waals surface area contributed by atoms with Crippen LogP contribution in [0.25, 0.3) is 11.3 Å². The van der Waals surface area contributed by atoms with Gasteiger partial charge in [0.15, 0.2) is 5.60 Å². The van der Waals surface area contributed by atoms with E-state index in [0.29, 0.717) is 58.4 Å². The highest BCUT2D eigenvalue weighted by Crippen LogP contribution is 2.48. The lowest BCUT2D eigenvalue weighted by Crippen LogP contribution is -2.52. The Morgan fingerprint density at radius 1 is 1.07 bits per heavy atom. The van der Waals surface area contributed by atoms with Gasteiger partial charge >= 0.3 is 12.1 Å². The molecule has 1 aromatic heterocycles. The summed E-state index contributed by atoms with van der Waals surface area (Å²) in [6, 6.07) is 13.1. The molecular weight excluding hydrogens is 600 g/mol. The van der Waals surface area contributed by atoms with Gasteiger partial charge in [0, 0.05) is 52.6 Å². The van der Waals surface area contributed by atoms with E-state index in [9.17, 15) is 27.9 Å². The molecule has 3 aromatic rings. The van der Waals surface area contributed by atoms with E-state index in [0.717, 1.165) is 11.1 Å². The van der Waals surface area contributed by atoms with E-state index in [1.807, 2.05) is 6.07 Å². The van der Waals surface area contributed by atoms with Gasteiger partial charge in [0.25, 0.3) is 5.91 Å². The van der Waals surface area contributed by atoms with Crippen LogP contribution in [0.1, 0.15) is 35.1 Å². The number of hydrogen-bond acceptors (Lipinski definition) is 6. The van der Waals surface area contributed by atoms with Crippen molar-refractivity contribution >= 4 is 41.0 Å². The second kappa shape index (κ2) is 12.3. The van der Waals surface area contributed by atoms with Gasteiger partial charge in [-0.3, -0.25) is 14.6 Å². The lowest BCUT2D eigenvalue weighted by atomic mass is 9.90. The number of aromatic nitrogens is 1. The molecule has 5 rings (SSSR count). The number of nitrogens with one attached hydrogen (secondary N) is 1. The van der Waals surface area contributed by atoms with Crippen LogP contribution in [-0.4, -0.2) is 56.6 Å². The van der Waals surface area contributed by atoms with Crippen molar-refractivity contribution in [3.63, 3.8) is 0 Å². The van der Waals surface area contributed by atoms with Crippen molar-refractivity contribution in [2.75, 3.05) is 6.54 Å². The van der Waals surface area contributed by atoms with Crippen LogP contribution in [0.15, 0.2) is 54.7 Å². The van der Waals surface area contributed by atoms with Gasteiger partial charge in [0.1, 0.15) is 6.04 Å². The minimum Gasteiger partial charge on any atom is -0.475 e. The Bertz CT molecular complexity index is 1540. The first-order chi connectivity index (χ1) is 19.8. The molecule has 2 atom stereocenters. The van der Waals surface area contributed by atoms with Gasteiger partial charge in [0.05, 0.1) is 5.69 Å². The van der Waals surface area contributed by atoms with Crippen LogP contribution in [0.3, 0.4) is 0 Å². The highest BCUT2D eigenvalue weighted by atomic mass is 35.5. The second-order valence-electron chi connectivity index (χ2n) is 9.59. The second-order valence-corrected chi connectivity index (χ2v) is 10.5. The summed E-state index contributed by atoms with van der Waals surface area (Å²) in [7, 11) is 0. The molecule has 5 N–H and O–H groups in total. The van der Waals surface area contributed by atoms with Gasteiger partial charge in [-0.05, 0) is 54.3 Å². The molecule has 1 fully saturated rings. The van der Waals surface area contributed by atoms with Gasteiger partial charge < -0.3 is 26.2 Å². The molecular formula is C28H25Cl2F3N4O5. The van der Waals surface area contributed by atoms with Gasteiger partial charge in [-0.1, -0.05) is 41.4 Å². The number of aliphatic hydroxyl groups is 1. The number of likely N-dealkylation sites (tertiary alicyclic amines) is 1. The number of alkyl halides is 3. The summed E-state index contributed by atoms with van der Waals surface area (Å²) >= 11 is 12.3. The summed E-state index contributed by atoms with van der Waals surface area (Å²) in [5.41, 5.74) is 7.48. The number of pyridine rings is 1. The predicted octanol–water partition coefficient (Wildman–Crippen LogP) is 4.00. The number of carboxylic acids is 1. The number of halogens is 5. The van der Waals surface area contributed by atoms with Crippen molar-refractivity contribution in [3.05, 3.63) is 87.0 Å². The van der Waals surface area contributed by atoms with E-state index >= 15 is 0 Å². The summed E-state index contributed by atoms with van der Waals surface area (Å²) in [4.78, 5) is 41.9. The Balaban J connectivity index is 0.000000517. The number of aliphatic carboxylic acids is 1. The number of benzene rings is 2. The van der Waals surface area contributed by atoms with Gasteiger partial charge in [-0.15, -0.1) is 0 Å². The van der Waals surface area contributed by atoms with Crippen LogP contribution in [-0.2, 0) is 33.1 Å². The third kappa shape index (κ3) is 6.07. The Labute approximate surface area is 248 Å². The predicted molar refractivity (Wildman–Crippen MR) is 147 cm³/mol. The first-order valence-corrected chi connectivity index (χ1v) is 13.4. The van der Waals surface area contributed by atoms with Crippen LogP contribution in [0, 0.1) is 0 Å². The molecule has 1 aliphatic carbocycles. The van der Waals surface area contributed by atoms with Crippen molar-refractivity contribution in [2.45, 2.75) is 43.8 Å². The third-order valence-corrected chi connectivity index (χ3v) is 7.50. The molecule has 1 unspecified atom stereocenters. The summed E-state index contributed by atoms with van der Waals surface area (Å²) in [5.74, 6) is -3.61. The number of carboxylic acid groups (broad SMARTS) is 1. The highest BCUT2D eigenvalue weighted by molar-refractivity contribution is 6.31. The van der Waals surface area contributed by atoms with E-state index in [1.165, 1.54) is 4.90 Å². The summed E-state index contributed by atoms with van der Waals surface area (Å²) in [5, 5.41) is 22.9. The topological polar surface area (TPSA) is 146 Å². The first-order valence-electron chi connectivity index (χ1n) is 12.6. The summed E-state index contributed by atoms with van der Waals surface area (Å²) in [6.07, 6.45) is -2.33. The molecule has 0 radical (unpaired) electrons. The number of nitrogens with two attached hydrogens (primary N) is 1. The van der Waals surface area contributed by atoms with Gasteiger partial charge in [0.2, 0.25) is 5.91 Å². The minimum absolute atomic E-state index is 0.236. The highest BCUT2D eigenvalue weighted by Gasteiger charge is 2.53. The third-order valence-electron chi connectivity index (χ3n) is 7.03. The molecule has 1 aliphatic heterocycles. The number of nitrogens with zero attached hydrogens (tertiary/aromatic N) is 2. The molecule has 1 saturated heterocycles. The average Bonchev–Trinajstić information content (AvgIpc) is 3.54. The van der Waals surface area contributed by atoms with Crippen molar-refractivity contribution in [2.24, 2.45) is 5.73 Å². The van der Waals surface area contributed by atoms with E-state index in [4.69, 9.17) is 38.8 Å². The lowest BCUT2D eigenvalue weighted by Gasteiger charge is -2.32. The molecule has 0 bridgehead atoms. The fourth-order valence-electron chi connectivity index (χ4n) is 5.06. The van der Waals surface area contributed by atoms with Crippen molar-refractivity contribution in [1.82, 2.24) is 15.2 Å². The monoisotopic (exact) mass is 624 g/mol. The molecule has 14 heteroatoms. The zero-order chi connectivity index (χ0) is 30.8. The van der Waals surface area contributed by atoms with E-state index in [1.54, 1.807) is 48.7 Å². The summed E-state index contributed by atoms with van der Waals surface area (Å²) in [6.45, 7) is 0.911.